The lowest BCUT2D eigenvalue weighted by Crippen LogP contribution is -2.39. The van der Waals surface area contributed by atoms with Gasteiger partial charge < -0.3 is 10.1 Å². The molecule has 17 heavy (non-hydrogen) atoms. The van der Waals surface area contributed by atoms with Gasteiger partial charge in [0.25, 0.3) is 0 Å². The Hall–Kier alpha value is -1.88. The van der Waals surface area contributed by atoms with Crippen molar-refractivity contribution in [3.05, 3.63) is 30.3 Å². The molecule has 1 amide bonds. The summed E-state index contributed by atoms with van der Waals surface area (Å²) in [5, 5.41) is 5.47. The zero-order valence-corrected chi connectivity index (χ0v) is 9.90. The summed E-state index contributed by atoms with van der Waals surface area (Å²) in [7, 11) is 1.31. The Morgan fingerprint density at radius 1 is 1.29 bits per heavy atom. The molecule has 5 nitrogen and oxygen atoms in total. The fourth-order valence-corrected chi connectivity index (χ4v) is 1.23. The predicted octanol–water partition coefficient (Wildman–Crippen LogP) is 0.776. The van der Waals surface area contributed by atoms with Crippen LogP contribution in [0.4, 0.5) is 5.69 Å². The van der Waals surface area contributed by atoms with Crippen LogP contribution in [0, 0.1) is 0 Å². The van der Waals surface area contributed by atoms with Gasteiger partial charge in [0.05, 0.1) is 13.7 Å². The smallest absolute Gasteiger partial charge is 0.322 e. The molecule has 0 aromatic heterocycles. The number of nitrogens with one attached hydrogen (secondary N) is 2. The van der Waals surface area contributed by atoms with Crippen LogP contribution in [0.15, 0.2) is 30.3 Å². The lowest BCUT2D eigenvalue weighted by Gasteiger charge is -2.11. The van der Waals surface area contributed by atoms with E-state index in [4.69, 9.17) is 0 Å². The number of hydrogen-bond acceptors (Lipinski definition) is 4. The fraction of sp³-hybridized carbons (Fsp3) is 0.333. The first-order valence-corrected chi connectivity index (χ1v) is 5.29. The minimum absolute atomic E-state index is 0.0607. The average molecular weight is 236 g/mol. The summed E-state index contributed by atoms with van der Waals surface area (Å²) < 4.78 is 4.53. The van der Waals surface area contributed by atoms with E-state index in [1.807, 2.05) is 18.2 Å². The highest BCUT2D eigenvalue weighted by atomic mass is 16.5. The highest BCUT2D eigenvalue weighted by molar-refractivity contribution is 5.92. The van der Waals surface area contributed by atoms with Gasteiger partial charge >= 0.3 is 5.97 Å². The van der Waals surface area contributed by atoms with E-state index in [0.29, 0.717) is 0 Å². The molecule has 1 rings (SSSR count). The quantitative estimate of drug-likeness (QED) is 0.741. The number of rotatable bonds is 5. The van der Waals surface area contributed by atoms with Gasteiger partial charge in [-0.1, -0.05) is 18.2 Å². The Kier molecular flexibility index (Phi) is 5.16. The molecule has 0 heterocycles. The van der Waals surface area contributed by atoms with Crippen LogP contribution in [0.2, 0.25) is 0 Å². The van der Waals surface area contributed by atoms with Crippen LogP contribution in [0.1, 0.15) is 6.92 Å². The fourth-order valence-electron chi connectivity index (χ4n) is 1.23. The number of amides is 1. The molecule has 0 saturated carbocycles. The van der Waals surface area contributed by atoms with E-state index >= 15 is 0 Å². The molecule has 2 N–H and O–H groups in total. The number of benzene rings is 1. The number of hydrogen-bond donors (Lipinski definition) is 2. The van der Waals surface area contributed by atoms with Gasteiger partial charge in [-0.25, -0.2) is 0 Å². The Morgan fingerprint density at radius 2 is 1.94 bits per heavy atom. The summed E-state index contributed by atoms with van der Waals surface area (Å²) in [4.78, 5) is 22.6. The Balaban J connectivity index is 2.33. The molecule has 1 unspecified atom stereocenters. The molecule has 0 bridgehead atoms. The van der Waals surface area contributed by atoms with Crippen LogP contribution in [0.3, 0.4) is 0 Å². The van der Waals surface area contributed by atoms with E-state index in [-0.39, 0.29) is 12.5 Å². The normalized spacial score (nSPS) is 11.6. The summed E-state index contributed by atoms with van der Waals surface area (Å²) in [6.07, 6.45) is 0. The molecule has 5 heteroatoms. The third kappa shape index (κ3) is 4.65. The van der Waals surface area contributed by atoms with E-state index in [1.54, 1.807) is 19.1 Å². The predicted molar refractivity (Wildman–Crippen MR) is 64.6 cm³/mol. The number of methoxy groups -OCH3 is 1. The maximum atomic E-state index is 11.5. The number of esters is 1. The third-order valence-corrected chi connectivity index (χ3v) is 2.18. The molecule has 1 aromatic rings. The Bertz CT molecular complexity index is 379. The molecule has 0 saturated heterocycles. The largest absolute Gasteiger partial charge is 0.468 e. The second-order valence-electron chi connectivity index (χ2n) is 3.54. The summed E-state index contributed by atoms with van der Waals surface area (Å²) >= 11 is 0. The first-order chi connectivity index (χ1) is 8.13. The van der Waals surface area contributed by atoms with Crippen LogP contribution >= 0.6 is 0 Å². The number of ether oxygens (including phenoxy) is 1. The van der Waals surface area contributed by atoms with E-state index in [9.17, 15) is 9.59 Å². The van der Waals surface area contributed by atoms with Crippen LogP contribution in [-0.2, 0) is 14.3 Å². The first-order valence-electron chi connectivity index (χ1n) is 5.29. The van der Waals surface area contributed by atoms with Gasteiger partial charge in [-0.3, -0.25) is 14.9 Å². The van der Waals surface area contributed by atoms with E-state index < -0.39 is 12.0 Å². The number of carbonyl (C=O) groups is 2. The molecule has 0 fully saturated rings. The van der Waals surface area contributed by atoms with Gasteiger partial charge in [-0.15, -0.1) is 0 Å². The number of carbonyl (C=O) groups excluding carboxylic acids is 2. The van der Waals surface area contributed by atoms with Crippen molar-refractivity contribution < 1.29 is 14.3 Å². The van der Waals surface area contributed by atoms with Crippen LogP contribution in [-0.4, -0.2) is 31.6 Å². The van der Waals surface area contributed by atoms with Crippen molar-refractivity contribution in [2.24, 2.45) is 0 Å². The Morgan fingerprint density at radius 3 is 2.53 bits per heavy atom. The van der Waals surface area contributed by atoms with Gasteiger partial charge in [0.1, 0.15) is 6.04 Å². The van der Waals surface area contributed by atoms with Gasteiger partial charge in [0, 0.05) is 5.69 Å². The van der Waals surface area contributed by atoms with E-state index in [2.05, 4.69) is 15.4 Å². The molecule has 0 aliphatic heterocycles. The molecule has 0 radical (unpaired) electrons. The first kappa shape index (κ1) is 13.2. The molecule has 92 valence electrons. The van der Waals surface area contributed by atoms with E-state index in [1.165, 1.54) is 7.11 Å². The summed E-state index contributed by atoms with van der Waals surface area (Å²) in [6, 6.07) is 8.62. The monoisotopic (exact) mass is 236 g/mol. The maximum absolute atomic E-state index is 11.5. The van der Waals surface area contributed by atoms with Crippen molar-refractivity contribution in [2.75, 3.05) is 19.0 Å². The lowest BCUT2D eigenvalue weighted by atomic mass is 10.3. The van der Waals surface area contributed by atoms with Gasteiger partial charge in [-0.2, -0.15) is 0 Å². The van der Waals surface area contributed by atoms with E-state index in [0.717, 1.165) is 5.69 Å². The molecular formula is C12H16N2O3. The summed E-state index contributed by atoms with van der Waals surface area (Å²) in [5.41, 5.74) is 0.727. The van der Waals surface area contributed by atoms with Gasteiger partial charge in [0.2, 0.25) is 5.91 Å². The minimum Gasteiger partial charge on any atom is -0.468 e. The lowest BCUT2D eigenvalue weighted by molar-refractivity contribution is -0.142. The highest BCUT2D eigenvalue weighted by Crippen LogP contribution is 2.03. The number of para-hydroxylation sites is 1. The maximum Gasteiger partial charge on any atom is 0.322 e. The summed E-state index contributed by atoms with van der Waals surface area (Å²) in [5.74, 6) is -0.593. The molecule has 1 aromatic carbocycles. The zero-order valence-electron chi connectivity index (χ0n) is 9.90. The third-order valence-electron chi connectivity index (χ3n) is 2.18. The van der Waals surface area contributed by atoms with Crippen LogP contribution in [0.25, 0.3) is 0 Å². The topological polar surface area (TPSA) is 67.4 Å². The van der Waals surface area contributed by atoms with Gasteiger partial charge in [0.15, 0.2) is 0 Å². The molecule has 0 spiro atoms. The average Bonchev–Trinajstić information content (AvgIpc) is 2.36. The second-order valence-corrected chi connectivity index (χ2v) is 3.54. The van der Waals surface area contributed by atoms with Crippen molar-refractivity contribution in [1.82, 2.24) is 5.32 Å². The molecule has 0 aliphatic rings. The van der Waals surface area contributed by atoms with Crippen molar-refractivity contribution in [1.29, 1.82) is 0 Å². The SMILES string of the molecule is COC(=O)C(C)NCC(=O)Nc1ccccc1. The zero-order chi connectivity index (χ0) is 12.7. The Labute approximate surface area is 100 Å². The highest BCUT2D eigenvalue weighted by Gasteiger charge is 2.13. The van der Waals surface area contributed by atoms with Crippen molar-refractivity contribution in [3.8, 4) is 0 Å². The van der Waals surface area contributed by atoms with Crippen molar-refractivity contribution >= 4 is 17.6 Å². The molecule has 1 atom stereocenters. The van der Waals surface area contributed by atoms with Crippen molar-refractivity contribution in [3.63, 3.8) is 0 Å². The molecular weight excluding hydrogens is 220 g/mol. The summed E-state index contributed by atoms with van der Waals surface area (Å²) in [6.45, 7) is 1.70. The van der Waals surface area contributed by atoms with Crippen molar-refractivity contribution in [2.45, 2.75) is 13.0 Å². The molecule has 0 aliphatic carbocycles. The van der Waals surface area contributed by atoms with Gasteiger partial charge in [-0.05, 0) is 19.1 Å². The minimum atomic E-state index is -0.499. The van der Waals surface area contributed by atoms with Crippen LogP contribution < -0.4 is 10.6 Å². The number of anilines is 1. The standard InChI is InChI=1S/C12H16N2O3/c1-9(12(16)17-2)13-8-11(15)14-10-6-4-3-5-7-10/h3-7,9,13H,8H2,1-2H3,(H,14,15). The van der Waals surface area contributed by atoms with Crippen LogP contribution in [0.5, 0.6) is 0 Å². The second kappa shape index (κ2) is 6.65.